The highest BCUT2D eigenvalue weighted by molar-refractivity contribution is 8.14. The maximum atomic E-state index is 5.82. The van der Waals surface area contributed by atoms with Crippen LogP contribution in [0.5, 0.6) is 5.75 Å². The van der Waals surface area contributed by atoms with Crippen molar-refractivity contribution >= 4 is 27.7 Å². The molecular weight excluding hydrogens is 354 g/mol. The minimum Gasteiger partial charge on any atom is -0.496 e. The van der Waals surface area contributed by atoms with Gasteiger partial charge in [0.1, 0.15) is 11.8 Å². The van der Waals surface area contributed by atoms with Crippen LogP contribution in [0, 0.1) is 0 Å². The molecule has 0 bridgehead atoms. The van der Waals surface area contributed by atoms with Crippen LogP contribution in [-0.2, 0) is 0 Å². The second kappa shape index (κ2) is 6.57. The molecule has 4 nitrogen and oxygen atoms in total. The highest BCUT2D eigenvalue weighted by Gasteiger charge is 2.45. The summed E-state index contributed by atoms with van der Waals surface area (Å²) in [6.45, 7) is 3.25. The van der Waals surface area contributed by atoms with E-state index in [2.05, 4.69) is 59.3 Å². The number of aliphatic imine (C=N–C) groups is 1. The van der Waals surface area contributed by atoms with Crippen molar-refractivity contribution in [3.05, 3.63) is 72.1 Å². The fraction of sp³-hybridized carbons (Fsp3) is 0.273. The fourth-order valence-electron chi connectivity index (χ4n) is 4.19. The maximum Gasteiger partial charge on any atom is 0.160 e. The summed E-state index contributed by atoms with van der Waals surface area (Å²) in [5.41, 5.74) is 2.22. The number of aromatic nitrogens is 1. The highest BCUT2D eigenvalue weighted by Crippen LogP contribution is 2.51. The molecule has 0 saturated carbocycles. The molecule has 5 heteroatoms. The van der Waals surface area contributed by atoms with Crippen LogP contribution in [-0.4, -0.2) is 34.0 Å². The number of hydrogen-bond acceptors (Lipinski definition) is 5. The van der Waals surface area contributed by atoms with Gasteiger partial charge in [0.2, 0.25) is 0 Å². The third-order valence-corrected chi connectivity index (χ3v) is 6.43. The molecule has 2 aliphatic heterocycles. The van der Waals surface area contributed by atoms with Crippen molar-refractivity contribution in [1.29, 1.82) is 0 Å². The van der Waals surface area contributed by atoms with Crippen LogP contribution in [0.25, 0.3) is 10.8 Å². The first kappa shape index (κ1) is 16.6. The Bertz CT molecular complexity index is 1020. The average molecular weight is 375 g/mol. The monoisotopic (exact) mass is 375 g/mol. The molecule has 1 aromatic heterocycles. The van der Waals surface area contributed by atoms with Crippen molar-refractivity contribution < 1.29 is 4.74 Å². The first-order valence-corrected chi connectivity index (χ1v) is 10.1. The van der Waals surface area contributed by atoms with E-state index in [1.807, 2.05) is 30.1 Å². The minimum atomic E-state index is -0.0269. The van der Waals surface area contributed by atoms with Crippen molar-refractivity contribution in [3.8, 4) is 5.75 Å². The Kier molecular flexibility index (Phi) is 4.05. The van der Waals surface area contributed by atoms with Gasteiger partial charge in [0.05, 0.1) is 18.8 Å². The first-order chi connectivity index (χ1) is 13.3. The van der Waals surface area contributed by atoms with Gasteiger partial charge in [0, 0.05) is 23.6 Å². The van der Waals surface area contributed by atoms with Gasteiger partial charge in [0.15, 0.2) is 5.17 Å². The van der Waals surface area contributed by atoms with Crippen molar-refractivity contribution in [1.82, 2.24) is 9.88 Å². The molecule has 0 amide bonds. The largest absolute Gasteiger partial charge is 0.496 e. The summed E-state index contributed by atoms with van der Waals surface area (Å²) in [4.78, 5) is 12.2. The Labute approximate surface area is 163 Å². The first-order valence-electron chi connectivity index (χ1n) is 9.24. The normalized spacial score (nSPS) is 24.1. The summed E-state index contributed by atoms with van der Waals surface area (Å²) in [6, 6.07) is 18.9. The number of thioether (sulfide) groups is 1. The number of ether oxygens (including phenoxy) is 1. The highest BCUT2D eigenvalue weighted by atomic mass is 32.2. The van der Waals surface area contributed by atoms with E-state index in [1.54, 1.807) is 7.11 Å². The third kappa shape index (κ3) is 2.69. The SMILES string of the molecule is COc1ccc2ccccc2c1[C@H]1[C@H](c2ccccn2)N=C2S[C@@H](C)CN21. The van der Waals surface area contributed by atoms with Gasteiger partial charge in [-0.2, -0.15) is 0 Å². The quantitative estimate of drug-likeness (QED) is 0.657. The Morgan fingerprint density at radius 1 is 1.07 bits per heavy atom. The van der Waals surface area contributed by atoms with E-state index in [0.717, 1.165) is 23.2 Å². The van der Waals surface area contributed by atoms with Gasteiger partial charge in [-0.1, -0.05) is 55.1 Å². The Morgan fingerprint density at radius 2 is 1.93 bits per heavy atom. The Hall–Kier alpha value is -2.53. The number of amidine groups is 1. The van der Waals surface area contributed by atoms with Gasteiger partial charge in [-0.3, -0.25) is 9.98 Å². The van der Waals surface area contributed by atoms with Crippen LogP contribution in [0.4, 0.5) is 0 Å². The number of nitrogens with zero attached hydrogens (tertiary/aromatic N) is 3. The zero-order valence-electron chi connectivity index (χ0n) is 15.4. The summed E-state index contributed by atoms with van der Waals surface area (Å²) in [5, 5.41) is 4.11. The lowest BCUT2D eigenvalue weighted by molar-refractivity contribution is 0.310. The Morgan fingerprint density at radius 3 is 2.74 bits per heavy atom. The maximum absolute atomic E-state index is 5.82. The average Bonchev–Trinajstić information content (AvgIpc) is 3.23. The molecule has 2 aliphatic rings. The molecule has 3 atom stereocenters. The molecule has 2 aromatic carbocycles. The van der Waals surface area contributed by atoms with Crippen molar-refractivity contribution in [3.63, 3.8) is 0 Å². The molecule has 3 aromatic rings. The molecule has 1 fully saturated rings. The van der Waals surface area contributed by atoms with E-state index >= 15 is 0 Å². The van der Waals surface area contributed by atoms with Gasteiger partial charge in [0.25, 0.3) is 0 Å². The zero-order chi connectivity index (χ0) is 18.4. The summed E-state index contributed by atoms with van der Waals surface area (Å²) in [6.07, 6.45) is 1.85. The molecule has 0 unspecified atom stereocenters. The molecule has 0 aliphatic carbocycles. The number of fused-ring (bicyclic) bond motifs is 2. The molecule has 1 saturated heterocycles. The van der Waals surface area contributed by atoms with E-state index in [4.69, 9.17) is 9.73 Å². The summed E-state index contributed by atoms with van der Waals surface area (Å²) >= 11 is 1.86. The van der Waals surface area contributed by atoms with Crippen LogP contribution in [0.1, 0.15) is 30.3 Å². The lowest BCUT2D eigenvalue weighted by atomic mass is 9.91. The van der Waals surface area contributed by atoms with Gasteiger partial charge < -0.3 is 9.64 Å². The molecule has 27 heavy (non-hydrogen) atoms. The molecule has 5 rings (SSSR count). The molecule has 0 N–H and O–H groups in total. The summed E-state index contributed by atoms with van der Waals surface area (Å²) < 4.78 is 5.82. The molecular formula is C22H21N3OS. The summed E-state index contributed by atoms with van der Waals surface area (Å²) in [7, 11) is 1.75. The van der Waals surface area contributed by atoms with Crippen molar-refractivity contribution in [2.24, 2.45) is 4.99 Å². The van der Waals surface area contributed by atoms with Crippen LogP contribution >= 0.6 is 11.8 Å². The van der Waals surface area contributed by atoms with E-state index in [-0.39, 0.29) is 12.1 Å². The molecule has 3 heterocycles. The number of benzene rings is 2. The molecule has 0 spiro atoms. The Balaban J connectivity index is 1.73. The van der Waals surface area contributed by atoms with Crippen LogP contribution in [0.3, 0.4) is 0 Å². The van der Waals surface area contributed by atoms with E-state index in [0.29, 0.717) is 5.25 Å². The smallest absolute Gasteiger partial charge is 0.160 e. The number of methoxy groups -OCH3 is 1. The number of hydrogen-bond donors (Lipinski definition) is 0. The van der Waals surface area contributed by atoms with E-state index in [9.17, 15) is 0 Å². The van der Waals surface area contributed by atoms with Crippen molar-refractivity contribution in [2.75, 3.05) is 13.7 Å². The van der Waals surface area contributed by atoms with Crippen LogP contribution in [0.15, 0.2) is 65.8 Å². The summed E-state index contributed by atoms with van der Waals surface area (Å²) in [5.74, 6) is 0.917. The predicted octanol–water partition coefficient (Wildman–Crippen LogP) is 4.83. The van der Waals surface area contributed by atoms with Crippen molar-refractivity contribution in [2.45, 2.75) is 24.3 Å². The van der Waals surface area contributed by atoms with Gasteiger partial charge in [-0.15, -0.1) is 0 Å². The van der Waals surface area contributed by atoms with Gasteiger partial charge >= 0.3 is 0 Å². The zero-order valence-corrected chi connectivity index (χ0v) is 16.2. The number of pyridine rings is 1. The van der Waals surface area contributed by atoms with Gasteiger partial charge in [-0.25, -0.2) is 0 Å². The lowest BCUT2D eigenvalue weighted by Crippen LogP contribution is -2.29. The lowest BCUT2D eigenvalue weighted by Gasteiger charge is -2.29. The predicted molar refractivity (Wildman–Crippen MR) is 111 cm³/mol. The van der Waals surface area contributed by atoms with E-state index < -0.39 is 0 Å². The molecule has 0 radical (unpaired) electrons. The molecule has 136 valence electrons. The number of rotatable bonds is 3. The minimum absolute atomic E-state index is 0.0269. The standard InChI is InChI=1S/C22H21N3OS/c1-14-13-25-21(20(24-22(25)27-14)17-9-5-6-12-23-17)19-16-8-4-3-7-15(16)10-11-18(19)26-2/h3-12,14,20-21H,13H2,1-2H3/t14-,20-,21-/m0/s1. The van der Waals surface area contributed by atoms with E-state index in [1.165, 1.54) is 16.3 Å². The van der Waals surface area contributed by atoms with Crippen LogP contribution in [0.2, 0.25) is 0 Å². The van der Waals surface area contributed by atoms with Crippen LogP contribution < -0.4 is 4.74 Å². The topological polar surface area (TPSA) is 37.7 Å². The second-order valence-corrected chi connectivity index (χ2v) is 8.45. The third-order valence-electron chi connectivity index (χ3n) is 5.33. The van der Waals surface area contributed by atoms with Gasteiger partial charge in [-0.05, 0) is 29.0 Å². The second-order valence-electron chi connectivity index (χ2n) is 7.04. The fourth-order valence-corrected chi connectivity index (χ4v) is 5.28.